The normalized spacial score (nSPS) is 10.4. The summed E-state index contributed by atoms with van der Waals surface area (Å²) < 4.78 is 27.0. The predicted octanol–water partition coefficient (Wildman–Crippen LogP) is 4.52. The molecule has 17 heavy (non-hydrogen) atoms. The number of hydrogen-bond acceptors (Lipinski definition) is 2. The summed E-state index contributed by atoms with van der Waals surface area (Å²) in [6, 6.07) is 5.11. The van der Waals surface area contributed by atoms with Crippen molar-refractivity contribution >= 4 is 39.0 Å². The first-order chi connectivity index (χ1) is 8.04. The second-order valence-corrected chi connectivity index (χ2v) is 4.62. The molecule has 0 aliphatic rings. The van der Waals surface area contributed by atoms with Gasteiger partial charge in [-0.25, -0.2) is 13.8 Å². The molecule has 1 heterocycles. The molecule has 0 aliphatic heterocycles. The van der Waals surface area contributed by atoms with Crippen LogP contribution in [-0.2, 0) is 0 Å². The Morgan fingerprint density at radius 3 is 2.59 bits per heavy atom. The second-order valence-electron chi connectivity index (χ2n) is 3.27. The summed E-state index contributed by atoms with van der Waals surface area (Å²) in [5, 5.41) is 2.88. The molecule has 0 radical (unpaired) electrons. The highest BCUT2D eigenvalue weighted by Gasteiger charge is 2.06. The number of aromatic nitrogens is 1. The zero-order valence-corrected chi connectivity index (χ0v) is 10.7. The van der Waals surface area contributed by atoms with Crippen molar-refractivity contribution in [2.45, 2.75) is 0 Å². The molecule has 1 aromatic heterocycles. The molecule has 6 heteroatoms. The van der Waals surface area contributed by atoms with Gasteiger partial charge in [0.1, 0.15) is 5.82 Å². The molecule has 0 amide bonds. The van der Waals surface area contributed by atoms with Crippen LogP contribution in [0.4, 0.5) is 20.3 Å². The summed E-state index contributed by atoms with van der Waals surface area (Å²) in [7, 11) is 0. The molecule has 2 aromatic rings. The number of nitrogens with one attached hydrogen (secondary N) is 1. The summed E-state index contributed by atoms with van der Waals surface area (Å²) in [6.45, 7) is 0. The fraction of sp³-hybridized carbons (Fsp3) is 0. The molecule has 0 spiro atoms. The quantitative estimate of drug-likeness (QED) is 0.880. The molecule has 2 nitrogen and oxygen atoms in total. The maximum Gasteiger partial charge on any atom is 0.166 e. The molecule has 1 N–H and O–H groups in total. The van der Waals surface area contributed by atoms with Gasteiger partial charge in [0.2, 0.25) is 0 Å². The van der Waals surface area contributed by atoms with Crippen LogP contribution < -0.4 is 5.32 Å². The largest absolute Gasteiger partial charge is 0.338 e. The van der Waals surface area contributed by atoms with Crippen molar-refractivity contribution < 1.29 is 8.78 Å². The van der Waals surface area contributed by atoms with Gasteiger partial charge < -0.3 is 5.32 Å². The smallest absolute Gasteiger partial charge is 0.166 e. The van der Waals surface area contributed by atoms with Crippen LogP contribution >= 0.6 is 27.5 Å². The van der Waals surface area contributed by atoms with Crippen LogP contribution in [0.3, 0.4) is 0 Å². The van der Waals surface area contributed by atoms with Crippen LogP contribution in [0.15, 0.2) is 34.9 Å². The topological polar surface area (TPSA) is 24.9 Å². The minimum absolute atomic E-state index is 0.00914. The number of pyridine rings is 1. The minimum atomic E-state index is -0.542. The first kappa shape index (κ1) is 12.3. The van der Waals surface area contributed by atoms with Crippen LogP contribution in [0.5, 0.6) is 0 Å². The van der Waals surface area contributed by atoms with Crippen molar-refractivity contribution in [3.63, 3.8) is 0 Å². The molecule has 0 unspecified atom stereocenters. The van der Waals surface area contributed by atoms with E-state index in [4.69, 9.17) is 11.6 Å². The van der Waals surface area contributed by atoms with E-state index in [1.807, 2.05) is 0 Å². The maximum absolute atomic E-state index is 13.5. The predicted molar refractivity (Wildman–Crippen MR) is 66.6 cm³/mol. The summed E-state index contributed by atoms with van der Waals surface area (Å²) in [6.07, 6.45) is 1.44. The Hall–Kier alpha value is -1.20. The summed E-state index contributed by atoms with van der Waals surface area (Å²) in [5.41, 5.74) is 0.337. The standard InChI is InChI=1S/C11H6BrClF2N2/c12-6-1-10(15)11(16-5-6)17-9-3-7(13)2-8(14)4-9/h1-5H,(H,16,17). The van der Waals surface area contributed by atoms with Crippen LogP contribution in [0.25, 0.3) is 0 Å². The second kappa shape index (κ2) is 4.98. The minimum Gasteiger partial charge on any atom is -0.338 e. The Morgan fingerprint density at radius 1 is 1.18 bits per heavy atom. The van der Waals surface area contributed by atoms with Gasteiger partial charge in [-0.2, -0.15) is 0 Å². The van der Waals surface area contributed by atoms with Gasteiger partial charge in [0.05, 0.1) is 0 Å². The molecule has 88 valence electrons. The molecule has 0 atom stereocenters. The van der Waals surface area contributed by atoms with E-state index in [0.29, 0.717) is 10.2 Å². The Kier molecular flexibility index (Phi) is 3.59. The molecular weight excluding hydrogens is 313 g/mol. The van der Waals surface area contributed by atoms with Gasteiger partial charge in [-0.1, -0.05) is 11.6 Å². The van der Waals surface area contributed by atoms with Gasteiger partial charge in [-0.15, -0.1) is 0 Å². The lowest BCUT2D eigenvalue weighted by molar-refractivity contribution is 0.623. The zero-order chi connectivity index (χ0) is 12.4. The highest BCUT2D eigenvalue weighted by atomic mass is 79.9. The van der Waals surface area contributed by atoms with Crippen LogP contribution in [0.2, 0.25) is 5.02 Å². The molecule has 1 aromatic carbocycles. The van der Waals surface area contributed by atoms with Crippen molar-refractivity contribution in [3.05, 3.63) is 51.6 Å². The van der Waals surface area contributed by atoms with E-state index >= 15 is 0 Å². The van der Waals surface area contributed by atoms with Gasteiger partial charge in [0.15, 0.2) is 11.6 Å². The van der Waals surface area contributed by atoms with E-state index in [1.165, 1.54) is 24.4 Å². The van der Waals surface area contributed by atoms with E-state index in [0.717, 1.165) is 6.07 Å². The lowest BCUT2D eigenvalue weighted by atomic mass is 10.3. The fourth-order valence-corrected chi connectivity index (χ4v) is 1.79. The van der Waals surface area contributed by atoms with Crippen molar-refractivity contribution in [1.82, 2.24) is 4.98 Å². The lowest BCUT2D eigenvalue weighted by Crippen LogP contribution is -1.97. The zero-order valence-electron chi connectivity index (χ0n) is 8.35. The lowest BCUT2D eigenvalue weighted by Gasteiger charge is -2.07. The third-order valence-corrected chi connectivity index (χ3v) is 2.58. The number of halogens is 4. The number of hydrogen-bond donors (Lipinski definition) is 1. The highest BCUT2D eigenvalue weighted by Crippen LogP contribution is 2.23. The van der Waals surface area contributed by atoms with E-state index in [1.54, 1.807) is 0 Å². The van der Waals surface area contributed by atoms with E-state index < -0.39 is 11.6 Å². The van der Waals surface area contributed by atoms with Gasteiger partial charge in [0.25, 0.3) is 0 Å². The van der Waals surface area contributed by atoms with E-state index in [9.17, 15) is 8.78 Å². The third-order valence-electron chi connectivity index (χ3n) is 1.93. The van der Waals surface area contributed by atoms with E-state index in [-0.39, 0.29) is 10.8 Å². The molecule has 0 saturated carbocycles. The Morgan fingerprint density at radius 2 is 1.94 bits per heavy atom. The Bertz CT molecular complexity index is 543. The molecule has 0 saturated heterocycles. The average Bonchev–Trinajstić information content (AvgIpc) is 2.21. The van der Waals surface area contributed by atoms with Crippen LogP contribution in [-0.4, -0.2) is 4.98 Å². The molecular formula is C11H6BrClF2N2. The van der Waals surface area contributed by atoms with Crippen molar-refractivity contribution in [1.29, 1.82) is 0 Å². The van der Waals surface area contributed by atoms with Crippen molar-refractivity contribution in [2.75, 3.05) is 5.32 Å². The van der Waals surface area contributed by atoms with Gasteiger partial charge in [0, 0.05) is 21.4 Å². The van der Waals surface area contributed by atoms with Crippen molar-refractivity contribution in [3.8, 4) is 0 Å². The first-order valence-corrected chi connectivity index (χ1v) is 5.76. The summed E-state index contributed by atoms with van der Waals surface area (Å²) in [5.74, 6) is -1.04. The van der Waals surface area contributed by atoms with Gasteiger partial charge >= 0.3 is 0 Å². The molecule has 0 fully saturated rings. The molecule has 0 bridgehead atoms. The van der Waals surface area contributed by atoms with Crippen LogP contribution in [0.1, 0.15) is 0 Å². The monoisotopic (exact) mass is 318 g/mol. The average molecular weight is 320 g/mol. The fourth-order valence-electron chi connectivity index (χ4n) is 1.27. The van der Waals surface area contributed by atoms with E-state index in [2.05, 4.69) is 26.2 Å². The van der Waals surface area contributed by atoms with Gasteiger partial charge in [-0.3, -0.25) is 0 Å². The van der Waals surface area contributed by atoms with Gasteiger partial charge in [-0.05, 0) is 40.2 Å². The number of rotatable bonds is 2. The number of anilines is 2. The Balaban J connectivity index is 2.31. The molecule has 0 aliphatic carbocycles. The number of nitrogens with zero attached hydrogens (tertiary/aromatic N) is 1. The third kappa shape index (κ3) is 3.14. The SMILES string of the molecule is Fc1cc(Cl)cc(Nc2ncc(Br)cc2F)c1. The Labute approximate surface area is 110 Å². The van der Waals surface area contributed by atoms with Crippen molar-refractivity contribution in [2.24, 2.45) is 0 Å². The highest BCUT2D eigenvalue weighted by molar-refractivity contribution is 9.10. The molecule has 2 rings (SSSR count). The summed E-state index contributed by atoms with van der Waals surface area (Å²) >= 11 is 8.77. The van der Waals surface area contributed by atoms with Crippen LogP contribution in [0, 0.1) is 11.6 Å². The maximum atomic E-state index is 13.5. The summed E-state index contributed by atoms with van der Waals surface area (Å²) in [4.78, 5) is 3.83. The number of benzene rings is 1. The first-order valence-electron chi connectivity index (χ1n) is 4.59.